The quantitative estimate of drug-likeness (QED) is 0.809. The molecule has 0 atom stereocenters. The van der Waals surface area contributed by atoms with Crippen LogP contribution in [-0.4, -0.2) is 23.3 Å². The third kappa shape index (κ3) is 1.97. The Hall–Kier alpha value is -1.51. The molecule has 0 aromatic heterocycles. The smallest absolute Gasteiger partial charge is 0.481 e. The second-order valence-corrected chi connectivity index (χ2v) is 5.76. The molecule has 0 saturated heterocycles. The molecule has 1 heterocycles. The summed E-state index contributed by atoms with van der Waals surface area (Å²) in [5.74, 6) is -2.31. The number of rotatable bonds is 2. The monoisotopic (exact) mass is 370 g/mol. The molecule has 1 saturated carbocycles. The van der Waals surface area contributed by atoms with E-state index in [1.54, 1.807) is 0 Å². The molecular weight excluding hydrogens is 364 g/mol. The molecule has 9 heteroatoms. The van der Waals surface area contributed by atoms with Crippen LogP contribution in [0, 0.1) is 0 Å². The molecule has 1 aliphatic heterocycles. The van der Waals surface area contributed by atoms with Crippen molar-refractivity contribution < 1.29 is 36.9 Å². The molecular formula is C12H7BrF4O4. The highest BCUT2D eigenvalue weighted by atomic mass is 79.9. The number of carbonyl (C=O) groups is 1. The molecule has 1 aromatic carbocycles. The van der Waals surface area contributed by atoms with Crippen LogP contribution in [0.1, 0.15) is 18.4 Å². The lowest BCUT2D eigenvalue weighted by atomic mass is 9.95. The van der Waals surface area contributed by atoms with Gasteiger partial charge >= 0.3 is 18.2 Å². The summed E-state index contributed by atoms with van der Waals surface area (Å²) in [6.07, 6.45) is -8.98. The first-order valence-electron chi connectivity index (χ1n) is 5.80. The van der Waals surface area contributed by atoms with E-state index in [0.29, 0.717) is 12.8 Å². The lowest BCUT2D eigenvalue weighted by Gasteiger charge is -2.32. The first-order valence-corrected chi connectivity index (χ1v) is 6.59. The lowest BCUT2D eigenvalue weighted by Crippen LogP contribution is -2.52. The molecule has 1 aliphatic carbocycles. The van der Waals surface area contributed by atoms with Gasteiger partial charge in [-0.15, -0.1) is 0 Å². The number of carboxylic acids is 1. The van der Waals surface area contributed by atoms with Crippen molar-refractivity contribution in [1.82, 2.24) is 0 Å². The summed E-state index contributed by atoms with van der Waals surface area (Å²) in [7, 11) is 0. The Bertz CT molecular complexity index is 642. The summed E-state index contributed by atoms with van der Waals surface area (Å²) < 4.78 is 60.6. The van der Waals surface area contributed by atoms with Crippen molar-refractivity contribution >= 4 is 21.9 Å². The van der Waals surface area contributed by atoms with Gasteiger partial charge in [0.25, 0.3) is 0 Å². The molecule has 1 fully saturated rings. The van der Waals surface area contributed by atoms with E-state index < -0.39 is 35.1 Å². The fourth-order valence-corrected chi connectivity index (χ4v) is 2.88. The van der Waals surface area contributed by atoms with Gasteiger partial charge in [-0.25, -0.2) is 0 Å². The third-order valence-corrected chi connectivity index (χ3v) is 4.18. The van der Waals surface area contributed by atoms with E-state index in [9.17, 15) is 27.5 Å². The van der Waals surface area contributed by atoms with Crippen LogP contribution in [0.4, 0.5) is 17.6 Å². The SMILES string of the molecule is O=C(O)C1(c2cc3c(cc2Br)OC(F)(F)C(F)(F)O3)CC1. The number of hydrogen-bond donors (Lipinski definition) is 1. The van der Waals surface area contributed by atoms with Crippen molar-refractivity contribution in [3.05, 3.63) is 22.2 Å². The third-order valence-electron chi connectivity index (χ3n) is 3.52. The van der Waals surface area contributed by atoms with E-state index in [0.717, 1.165) is 12.1 Å². The zero-order chi connectivity index (χ0) is 15.6. The number of alkyl halides is 4. The number of ether oxygens (including phenoxy) is 2. The van der Waals surface area contributed by atoms with Crippen molar-refractivity contribution in [1.29, 1.82) is 0 Å². The number of hydrogen-bond acceptors (Lipinski definition) is 3. The Morgan fingerprint density at radius 2 is 1.57 bits per heavy atom. The molecule has 0 unspecified atom stereocenters. The topological polar surface area (TPSA) is 55.8 Å². The number of carboxylic acid groups (broad SMARTS) is 1. The van der Waals surface area contributed by atoms with Gasteiger partial charge < -0.3 is 14.6 Å². The molecule has 0 radical (unpaired) electrons. The van der Waals surface area contributed by atoms with Crippen LogP contribution in [0.15, 0.2) is 16.6 Å². The van der Waals surface area contributed by atoms with Crippen LogP contribution >= 0.6 is 15.9 Å². The molecule has 1 aromatic rings. The van der Waals surface area contributed by atoms with Gasteiger partial charge in [-0.05, 0) is 30.5 Å². The number of fused-ring (bicyclic) bond motifs is 1. The van der Waals surface area contributed by atoms with E-state index in [4.69, 9.17) is 0 Å². The molecule has 0 spiro atoms. The van der Waals surface area contributed by atoms with Crippen molar-refractivity contribution in [3.63, 3.8) is 0 Å². The van der Waals surface area contributed by atoms with Crippen LogP contribution in [0.3, 0.4) is 0 Å². The molecule has 114 valence electrons. The van der Waals surface area contributed by atoms with E-state index in [2.05, 4.69) is 25.4 Å². The fourth-order valence-electron chi connectivity index (χ4n) is 2.18. The van der Waals surface area contributed by atoms with E-state index >= 15 is 0 Å². The molecule has 1 N–H and O–H groups in total. The number of halogens is 5. The first kappa shape index (κ1) is 14.4. The molecule has 21 heavy (non-hydrogen) atoms. The Balaban J connectivity index is 2.09. The van der Waals surface area contributed by atoms with Crippen LogP contribution in [0.5, 0.6) is 11.5 Å². The van der Waals surface area contributed by atoms with Crippen molar-refractivity contribution in [3.8, 4) is 11.5 Å². The van der Waals surface area contributed by atoms with Crippen LogP contribution < -0.4 is 9.47 Å². The predicted molar refractivity (Wildman–Crippen MR) is 63.8 cm³/mol. The average molecular weight is 371 g/mol. The second kappa shape index (κ2) is 4.02. The minimum absolute atomic E-state index is 0.186. The first-order chi connectivity index (χ1) is 9.59. The largest absolute Gasteiger partial charge is 0.507 e. The highest BCUT2D eigenvalue weighted by molar-refractivity contribution is 9.10. The van der Waals surface area contributed by atoms with Gasteiger partial charge in [-0.3, -0.25) is 4.79 Å². The highest BCUT2D eigenvalue weighted by Crippen LogP contribution is 2.55. The van der Waals surface area contributed by atoms with Crippen LogP contribution in [0.25, 0.3) is 0 Å². The maximum atomic E-state index is 13.1. The number of benzene rings is 1. The molecule has 3 rings (SSSR count). The van der Waals surface area contributed by atoms with Gasteiger partial charge in [0.1, 0.15) is 0 Å². The fraction of sp³-hybridized carbons (Fsp3) is 0.417. The standard InChI is InChI=1S/C12H7BrF4O4/c13-6-4-8-7(20-11(14,15)12(16,17)21-8)3-5(6)10(1-2-10)9(18)19/h3-4H,1-2H2,(H,18,19). The zero-order valence-corrected chi connectivity index (χ0v) is 11.7. The summed E-state index contributed by atoms with van der Waals surface area (Å²) in [5, 5.41) is 9.21. The van der Waals surface area contributed by atoms with Gasteiger partial charge in [0.05, 0.1) is 5.41 Å². The van der Waals surface area contributed by atoms with Crippen molar-refractivity contribution in [2.45, 2.75) is 30.5 Å². The highest BCUT2D eigenvalue weighted by Gasteiger charge is 2.66. The maximum absolute atomic E-state index is 13.1. The Labute approximate surface area is 123 Å². The Kier molecular flexibility index (Phi) is 2.76. The van der Waals surface area contributed by atoms with Crippen LogP contribution in [0.2, 0.25) is 0 Å². The summed E-state index contributed by atoms with van der Waals surface area (Å²) in [4.78, 5) is 11.3. The zero-order valence-electron chi connectivity index (χ0n) is 10.1. The summed E-state index contributed by atoms with van der Waals surface area (Å²) in [6.45, 7) is 0. The lowest BCUT2D eigenvalue weighted by molar-refractivity contribution is -0.391. The molecule has 2 aliphatic rings. The van der Waals surface area contributed by atoms with Crippen molar-refractivity contribution in [2.75, 3.05) is 0 Å². The summed E-state index contributed by atoms with van der Waals surface area (Å²) in [5.41, 5.74) is -1.01. The summed E-state index contributed by atoms with van der Waals surface area (Å²) in [6, 6.07) is 2.01. The van der Waals surface area contributed by atoms with E-state index in [-0.39, 0.29) is 10.0 Å². The van der Waals surface area contributed by atoms with Gasteiger partial charge in [-0.1, -0.05) is 15.9 Å². The van der Waals surface area contributed by atoms with Gasteiger partial charge in [-0.2, -0.15) is 17.6 Å². The van der Waals surface area contributed by atoms with E-state index in [1.807, 2.05) is 0 Å². The predicted octanol–water partition coefficient (Wildman–Crippen LogP) is 3.52. The van der Waals surface area contributed by atoms with Gasteiger partial charge in [0, 0.05) is 4.47 Å². The van der Waals surface area contributed by atoms with Gasteiger partial charge in [0.2, 0.25) is 0 Å². The van der Waals surface area contributed by atoms with Crippen LogP contribution in [-0.2, 0) is 10.2 Å². The van der Waals surface area contributed by atoms with E-state index in [1.165, 1.54) is 0 Å². The normalized spacial score (nSPS) is 23.5. The summed E-state index contributed by atoms with van der Waals surface area (Å²) >= 11 is 3.05. The molecule has 0 amide bonds. The Morgan fingerprint density at radius 3 is 2.00 bits per heavy atom. The second-order valence-electron chi connectivity index (χ2n) is 4.90. The minimum Gasteiger partial charge on any atom is -0.481 e. The molecule has 0 bridgehead atoms. The number of aliphatic carboxylic acids is 1. The van der Waals surface area contributed by atoms with Crippen molar-refractivity contribution in [2.24, 2.45) is 0 Å². The maximum Gasteiger partial charge on any atom is 0.507 e. The van der Waals surface area contributed by atoms with Gasteiger partial charge in [0.15, 0.2) is 11.5 Å². The minimum atomic E-state index is -4.83. The average Bonchev–Trinajstić information content (AvgIpc) is 3.11. The Morgan fingerprint density at radius 1 is 1.10 bits per heavy atom. The molecule has 4 nitrogen and oxygen atoms in total.